The highest BCUT2D eigenvalue weighted by atomic mass is 16.5. The Hall–Kier alpha value is -2.79. The predicted octanol–water partition coefficient (Wildman–Crippen LogP) is 3.84. The molecule has 0 radical (unpaired) electrons. The minimum absolute atomic E-state index is 0.00779. The number of amides is 1. The maximum Gasteiger partial charge on any atom is 0.227 e. The van der Waals surface area contributed by atoms with Crippen molar-refractivity contribution < 1.29 is 9.53 Å². The van der Waals surface area contributed by atoms with Crippen LogP contribution in [0.3, 0.4) is 0 Å². The third-order valence-electron chi connectivity index (χ3n) is 7.33. The number of nitriles is 1. The summed E-state index contributed by atoms with van der Waals surface area (Å²) in [5.41, 5.74) is 1.24. The maximum absolute atomic E-state index is 13.2. The summed E-state index contributed by atoms with van der Waals surface area (Å²) in [5, 5.41) is 9.71. The van der Waals surface area contributed by atoms with Gasteiger partial charge in [0, 0.05) is 64.0 Å². The van der Waals surface area contributed by atoms with Crippen molar-refractivity contribution in [2.75, 3.05) is 44.2 Å². The molecule has 2 aromatic rings. The molecule has 0 N–H and O–H groups in total. The summed E-state index contributed by atoms with van der Waals surface area (Å²) in [6, 6.07) is 16.3. The van der Waals surface area contributed by atoms with Crippen molar-refractivity contribution in [1.29, 1.82) is 5.26 Å². The molecule has 1 aromatic carbocycles. The lowest BCUT2D eigenvalue weighted by molar-refractivity contribution is -0.130. The maximum atomic E-state index is 13.2. The van der Waals surface area contributed by atoms with E-state index in [2.05, 4.69) is 65.0 Å². The molecule has 1 aromatic heterocycles. The van der Waals surface area contributed by atoms with Gasteiger partial charge in [0.15, 0.2) is 5.82 Å². The SMILES string of the molecule is CCC(=O)N(CC1(N2CCN(Cc3ccccc3)CC2)CCOC(C)(C)C1)c1ncccc1C#N. The van der Waals surface area contributed by atoms with Crippen LogP contribution in [0.1, 0.15) is 51.2 Å². The lowest BCUT2D eigenvalue weighted by Gasteiger charge is -2.54. The van der Waals surface area contributed by atoms with Crippen LogP contribution in [0.15, 0.2) is 48.7 Å². The van der Waals surface area contributed by atoms with Gasteiger partial charge in [0.25, 0.3) is 0 Å². The Bertz CT molecular complexity index is 1040. The highest BCUT2D eigenvalue weighted by Crippen LogP contribution is 2.39. The number of rotatable bonds is 7. The summed E-state index contributed by atoms with van der Waals surface area (Å²) in [6.07, 6.45) is 3.69. The lowest BCUT2D eigenvalue weighted by atomic mass is 9.78. The number of pyridine rings is 1. The second-order valence-electron chi connectivity index (χ2n) is 10.3. The van der Waals surface area contributed by atoms with Crippen LogP contribution < -0.4 is 4.90 Å². The highest BCUT2D eigenvalue weighted by Gasteiger charge is 2.47. The molecule has 0 saturated carbocycles. The van der Waals surface area contributed by atoms with Gasteiger partial charge in [-0.05, 0) is 44.4 Å². The zero-order chi connectivity index (χ0) is 24.9. The molecule has 2 aliphatic rings. The zero-order valence-corrected chi connectivity index (χ0v) is 21.2. The topological polar surface area (TPSA) is 72.7 Å². The fourth-order valence-electron chi connectivity index (χ4n) is 5.64. The molecule has 186 valence electrons. The Kier molecular flexibility index (Phi) is 7.85. The average Bonchev–Trinajstić information content (AvgIpc) is 2.87. The molecule has 2 aliphatic heterocycles. The first-order valence-electron chi connectivity index (χ1n) is 12.7. The number of nitrogens with zero attached hydrogens (tertiary/aromatic N) is 5. The molecule has 4 rings (SSSR count). The Labute approximate surface area is 209 Å². The van der Waals surface area contributed by atoms with E-state index in [-0.39, 0.29) is 17.0 Å². The standard InChI is InChI=1S/C28H37N5O2/c1-4-25(34)33(26-24(19-29)11-8-13-30-26)22-28(12-18-35-27(2,3)21-28)32-16-14-31(15-17-32)20-23-9-6-5-7-10-23/h5-11,13H,4,12,14-18,20-22H2,1-3H3. The normalized spacial score (nSPS) is 22.9. The smallest absolute Gasteiger partial charge is 0.227 e. The van der Waals surface area contributed by atoms with Crippen LogP contribution in [0, 0.1) is 11.3 Å². The van der Waals surface area contributed by atoms with E-state index in [0.29, 0.717) is 31.0 Å². The van der Waals surface area contributed by atoms with Crippen LogP contribution in [-0.4, -0.2) is 71.2 Å². The summed E-state index contributed by atoms with van der Waals surface area (Å²) in [5.74, 6) is 0.458. The number of carbonyl (C=O) groups is 1. The minimum atomic E-state index is -0.289. The van der Waals surface area contributed by atoms with Crippen LogP contribution in [0.25, 0.3) is 0 Å². The number of hydrogen-bond acceptors (Lipinski definition) is 6. The molecular weight excluding hydrogens is 438 g/mol. The number of ether oxygens (including phenoxy) is 1. The first kappa shape index (κ1) is 25.3. The fraction of sp³-hybridized carbons (Fsp3) is 0.536. The number of piperazine rings is 1. The van der Waals surface area contributed by atoms with Gasteiger partial charge in [-0.25, -0.2) is 4.98 Å². The van der Waals surface area contributed by atoms with Crippen LogP contribution >= 0.6 is 0 Å². The van der Waals surface area contributed by atoms with E-state index in [0.717, 1.165) is 45.6 Å². The van der Waals surface area contributed by atoms with Gasteiger partial charge in [0.05, 0.1) is 11.2 Å². The van der Waals surface area contributed by atoms with Gasteiger partial charge in [0.2, 0.25) is 5.91 Å². The van der Waals surface area contributed by atoms with Gasteiger partial charge in [-0.2, -0.15) is 5.26 Å². The Morgan fingerprint density at radius 1 is 1.14 bits per heavy atom. The molecule has 0 spiro atoms. The summed E-state index contributed by atoms with van der Waals surface area (Å²) in [4.78, 5) is 24.5. The van der Waals surface area contributed by atoms with E-state index in [1.807, 2.05) is 6.92 Å². The van der Waals surface area contributed by atoms with Gasteiger partial charge < -0.3 is 4.74 Å². The van der Waals surface area contributed by atoms with E-state index in [9.17, 15) is 10.1 Å². The van der Waals surface area contributed by atoms with Gasteiger partial charge in [-0.3, -0.25) is 19.5 Å². The van der Waals surface area contributed by atoms with E-state index in [1.165, 1.54) is 5.56 Å². The quantitative estimate of drug-likeness (QED) is 0.606. The number of carbonyl (C=O) groups excluding carboxylic acids is 1. The molecule has 7 heteroatoms. The monoisotopic (exact) mass is 475 g/mol. The van der Waals surface area contributed by atoms with Crippen LogP contribution in [0.5, 0.6) is 0 Å². The van der Waals surface area contributed by atoms with Gasteiger partial charge in [-0.15, -0.1) is 0 Å². The Morgan fingerprint density at radius 2 is 1.89 bits per heavy atom. The van der Waals surface area contributed by atoms with Crippen LogP contribution in [0.2, 0.25) is 0 Å². The second-order valence-corrected chi connectivity index (χ2v) is 10.3. The number of anilines is 1. The molecule has 1 unspecified atom stereocenters. The van der Waals surface area contributed by atoms with Crippen LogP contribution in [-0.2, 0) is 16.1 Å². The van der Waals surface area contributed by atoms with Crippen molar-refractivity contribution in [3.8, 4) is 6.07 Å². The Morgan fingerprint density at radius 3 is 2.54 bits per heavy atom. The zero-order valence-electron chi connectivity index (χ0n) is 21.2. The molecule has 1 atom stereocenters. The van der Waals surface area contributed by atoms with E-state index < -0.39 is 0 Å². The number of aromatic nitrogens is 1. The minimum Gasteiger partial charge on any atom is -0.375 e. The first-order valence-corrected chi connectivity index (χ1v) is 12.7. The fourth-order valence-corrected chi connectivity index (χ4v) is 5.64. The molecule has 1 amide bonds. The van der Waals surface area contributed by atoms with Crippen molar-refractivity contribution in [2.45, 2.75) is 57.7 Å². The average molecular weight is 476 g/mol. The predicted molar refractivity (Wildman–Crippen MR) is 137 cm³/mol. The van der Waals surface area contributed by atoms with Crippen molar-refractivity contribution in [1.82, 2.24) is 14.8 Å². The molecular formula is C28H37N5O2. The molecule has 2 saturated heterocycles. The van der Waals surface area contributed by atoms with Gasteiger partial charge in [0.1, 0.15) is 6.07 Å². The van der Waals surface area contributed by atoms with Gasteiger partial charge in [-0.1, -0.05) is 37.3 Å². The van der Waals surface area contributed by atoms with E-state index >= 15 is 0 Å². The van der Waals surface area contributed by atoms with E-state index in [4.69, 9.17) is 4.74 Å². The van der Waals surface area contributed by atoms with Crippen molar-refractivity contribution in [2.24, 2.45) is 0 Å². The third-order valence-corrected chi connectivity index (χ3v) is 7.33. The van der Waals surface area contributed by atoms with Crippen molar-refractivity contribution in [3.05, 3.63) is 59.8 Å². The van der Waals surface area contributed by atoms with Crippen molar-refractivity contribution >= 4 is 11.7 Å². The lowest BCUT2D eigenvalue weighted by Crippen LogP contribution is -2.66. The van der Waals surface area contributed by atoms with E-state index in [1.54, 1.807) is 23.2 Å². The molecule has 0 bridgehead atoms. The summed E-state index contributed by atoms with van der Waals surface area (Å²) >= 11 is 0. The van der Waals surface area contributed by atoms with Crippen molar-refractivity contribution in [3.63, 3.8) is 0 Å². The summed E-state index contributed by atoms with van der Waals surface area (Å²) in [6.45, 7) is 12.1. The summed E-state index contributed by atoms with van der Waals surface area (Å²) in [7, 11) is 0. The molecule has 3 heterocycles. The molecule has 35 heavy (non-hydrogen) atoms. The number of benzene rings is 1. The second kappa shape index (κ2) is 10.9. The Balaban J connectivity index is 1.59. The van der Waals surface area contributed by atoms with Gasteiger partial charge >= 0.3 is 0 Å². The summed E-state index contributed by atoms with van der Waals surface area (Å²) < 4.78 is 6.12. The molecule has 2 fully saturated rings. The van der Waals surface area contributed by atoms with Crippen LogP contribution in [0.4, 0.5) is 5.82 Å². The third kappa shape index (κ3) is 5.90. The largest absolute Gasteiger partial charge is 0.375 e. The highest BCUT2D eigenvalue weighted by molar-refractivity contribution is 5.93. The molecule has 7 nitrogen and oxygen atoms in total. The first-order chi connectivity index (χ1) is 16.9. The molecule has 0 aliphatic carbocycles. The number of hydrogen-bond donors (Lipinski definition) is 0.